The van der Waals surface area contributed by atoms with E-state index in [1.165, 1.54) is 0 Å². The van der Waals surface area contributed by atoms with Crippen molar-refractivity contribution in [2.75, 3.05) is 0 Å². The fourth-order valence-electron chi connectivity index (χ4n) is 1.44. The molecule has 0 unspecified atom stereocenters. The Labute approximate surface area is 63.8 Å². The fourth-order valence-corrected chi connectivity index (χ4v) is 1.44. The van der Waals surface area contributed by atoms with Crippen LogP contribution in [-0.2, 0) is 4.79 Å². The molecule has 2 nitrogen and oxygen atoms in total. The topological polar surface area (TPSA) is 43.1 Å². The lowest BCUT2D eigenvalue weighted by Gasteiger charge is -2.28. The van der Waals surface area contributed by atoms with Crippen LogP contribution < -0.4 is 5.73 Å². The van der Waals surface area contributed by atoms with E-state index in [0.29, 0.717) is 12.8 Å². The van der Waals surface area contributed by atoms with Gasteiger partial charge in [-0.1, -0.05) is 6.42 Å². The quantitative estimate of drug-likeness (QED) is 0.622. The zero-order chi connectivity index (χ0) is 8.48. The summed E-state index contributed by atoms with van der Waals surface area (Å²) in [5.74, 6) is -4.95. The van der Waals surface area contributed by atoms with E-state index < -0.39 is 17.7 Å². The number of primary amides is 1. The van der Waals surface area contributed by atoms with Gasteiger partial charge >= 0.3 is 0 Å². The number of nitrogens with two attached hydrogens (primary N) is 1. The molecule has 0 radical (unpaired) electrons. The molecule has 1 aliphatic carbocycles. The van der Waals surface area contributed by atoms with Gasteiger partial charge in [0, 0.05) is 6.42 Å². The van der Waals surface area contributed by atoms with Crippen molar-refractivity contribution in [1.82, 2.24) is 0 Å². The molecule has 4 heteroatoms. The average molecular weight is 163 g/mol. The lowest BCUT2D eigenvalue weighted by Crippen LogP contribution is -2.40. The number of rotatable bonds is 1. The summed E-state index contributed by atoms with van der Waals surface area (Å²) in [6, 6.07) is 0. The molecule has 1 rings (SSSR count). The highest BCUT2D eigenvalue weighted by Gasteiger charge is 2.44. The van der Waals surface area contributed by atoms with Crippen LogP contribution in [0, 0.1) is 5.92 Å². The maximum atomic E-state index is 12.8. The minimum absolute atomic E-state index is 0.194. The average Bonchev–Trinajstić information content (AvgIpc) is 1.85. The van der Waals surface area contributed by atoms with Crippen molar-refractivity contribution in [2.45, 2.75) is 31.6 Å². The molecule has 2 N–H and O–H groups in total. The number of alkyl halides is 2. The summed E-state index contributed by atoms with van der Waals surface area (Å²) in [5, 5.41) is 0. The number of carbonyl (C=O) groups excluding carboxylic acids is 1. The SMILES string of the molecule is NC(=O)[C@@H]1CCCCC1(F)F. The Balaban J connectivity index is 2.67. The summed E-state index contributed by atoms with van der Waals surface area (Å²) in [4.78, 5) is 10.5. The second-order valence-corrected chi connectivity index (χ2v) is 2.96. The maximum absolute atomic E-state index is 12.8. The van der Waals surface area contributed by atoms with E-state index in [-0.39, 0.29) is 12.8 Å². The van der Waals surface area contributed by atoms with Crippen molar-refractivity contribution in [3.05, 3.63) is 0 Å². The number of hydrogen-bond acceptors (Lipinski definition) is 1. The van der Waals surface area contributed by atoms with Gasteiger partial charge in [-0.2, -0.15) is 0 Å². The van der Waals surface area contributed by atoms with Gasteiger partial charge in [-0.05, 0) is 12.8 Å². The summed E-state index contributed by atoms with van der Waals surface area (Å²) >= 11 is 0. The van der Waals surface area contributed by atoms with Crippen molar-refractivity contribution < 1.29 is 13.6 Å². The van der Waals surface area contributed by atoms with Crippen LogP contribution in [0.1, 0.15) is 25.7 Å². The predicted octanol–water partition coefficient (Wildman–Crippen LogP) is 1.30. The van der Waals surface area contributed by atoms with E-state index in [4.69, 9.17) is 5.73 Å². The van der Waals surface area contributed by atoms with Gasteiger partial charge < -0.3 is 5.73 Å². The highest BCUT2D eigenvalue weighted by atomic mass is 19.3. The molecule has 64 valence electrons. The zero-order valence-electron chi connectivity index (χ0n) is 6.15. The van der Waals surface area contributed by atoms with Crippen molar-refractivity contribution in [3.63, 3.8) is 0 Å². The summed E-state index contributed by atoms with van der Waals surface area (Å²) in [7, 11) is 0. The zero-order valence-corrected chi connectivity index (χ0v) is 6.15. The second kappa shape index (κ2) is 2.75. The van der Waals surface area contributed by atoms with Crippen molar-refractivity contribution in [3.8, 4) is 0 Å². The van der Waals surface area contributed by atoms with Gasteiger partial charge in [0.15, 0.2) is 0 Å². The molecule has 1 aliphatic rings. The first kappa shape index (κ1) is 8.43. The van der Waals surface area contributed by atoms with E-state index in [0.717, 1.165) is 0 Å². The number of amides is 1. The molecular weight excluding hydrogens is 152 g/mol. The van der Waals surface area contributed by atoms with Crippen LogP contribution in [0.2, 0.25) is 0 Å². The van der Waals surface area contributed by atoms with E-state index in [1.54, 1.807) is 0 Å². The third-order valence-corrected chi connectivity index (χ3v) is 2.11. The molecular formula is C7H11F2NO. The molecule has 0 spiro atoms. The van der Waals surface area contributed by atoms with Crippen LogP contribution in [0.15, 0.2) is 0 Å². The maximum Gasteiger partial charge on any atom is 0.259 e. The molecule has 0 aromatic carbocycles. The Hall–Kier alpha value is -0.670. The minimum Gasteiger partial charge on any atom is -0.369 e. The van der Waals surface area contributed by atoms with E-state index in [2.05, 4.69) is 0 Å². The fraction of sp³-hybridized carbons (Fsp3) is 0.857. The van der Waals surface area contributed by atoms with E-state index in [9.17, 15) is 13.6 Å². The number of carbonyl (C=O) groups is 1. The lowest BCUT2D eigenvalue weighted by atomic mass is 9.85. The molecule has 11 heavy (non-hydrogen) atoms. The van der Waals surface area contributed by atoms with Crippen LogP contribution in [0.4, 0.5) is 8.78 Å². The first-order valence-corrected chi connectivity index (χ1v) is 3.71. The van der Waals surface area contributed by atoms with Crippen molar-refractivity contribution >= 4 is 5.91 Å². The Morgan fingerprint density at radius 1 is 1.45 bits per heavy atom. The largest absolute Gasteiger partial charge is 0.369 e. The third-order valence-electron chi connectivity index (χ3n) is 2.11. The van der Waals surface area contributed by atoms with Crippen LogP contribution in [0.5, 0.6) is 0 Å². The van der Waals surface area contributed by atoms with Gasteiger partial charge in [0.05, 0.1) is 0 Å². The molecule has 0 heterocycles. The second-order valence-electron chi connectivity index (χ2n) is 2.96. The Bertz CT molecular complexity index is 170. The van der Waals surface area contributed by atoms with Gasteiger partial charge in [-0.15, -0.1) is 0 Å². The van der Waals surface area contributed by atoms with Crippen LogP contribution in [-0.4, -0.2) is 11.8 Å². The predicted molar refractivity (Wildman–Crippen MR) is 36.1 cm³/mol. The highest BCUT2D eigenvalue weighted by Crippen LogP contribution is 2.37. The summed E-state index contributed by atoms with van der Waals surface area (Å²) in [6.07, 6.45) is 1.23. The highest BCUT2D eigenvalue weighted by molar-refractivity contribution is 5.77. The summed E-state index contributed by atoms with van der Waals surface area (Å²) < 4.78 is 25.6. The number of hydrogen-bond donors (Lipinski definition) is 1. The molecule has 0 aliphatic heterocycles. The van der Waals surface area contributed by atoms with Gasteiger partial charge in [0.25, 0.3) is 5.92 Å². The molecule has 1 atom stereocenters. The van der Waals surface area contributed by atoms with Crippen LogP contribution in [0.25, 0.3) is 0 Å². The molecule has 1 fully saturated rings. The first-order chi connectivity index (χ1) is 5.04. The van der Waals surface area contributed by atoms with Gasteiger partial charge in [-0.25, -0.2) is 8.78 Å². The minimum atomic E-state index is -2.86. The van der Waals surface area contributed by atoms with Crippen molar-refractivity contribution in [1.29, 1.82) is 0 Å². The first-order valence-electron chi connectivity index (χ1n) is 3.71. The smallest absolute Gasteiger partial charge is 0.259 e. The monoisotopic (exact) mass is 163 g/mol. The van der Waals surface area contributed by atoms with Crippen LogP contribution in [0.3, 0.4) is 0 Å². The van der Waals surface area contributed by atoms with Gasteiger partial charge in [0.2, 0.25) is 5.91 Å². The van der Waals surface area contributed by atoms with E-state index >= 15 is 0 Å². The Morgan fingerprint density at radius 2 is 2.09 bits per heavy atom. The lowest BCUT2D eigenvalue weighted by molar-refractivity contribution is -0.142. The molecule has 0 saturated heterocycles. The Kier molecular flexibility index (Phi) is 2.11. The van der Waals surface area contributed by atoms with Crippen LogP contribution >= 0.6 is 0 Å². The molecule has 0 bridgehead atoms. The normalized spacial score (nSPS) is 29.8. The summed E-state index contributed by atoms with van der Waals surface area (Å²) in [5.41, 5.74) is 4.82. The Morgan fingerprint density at radius 3 is 2.45 bits per heavy atom. The van der Waals surface area contributed by atoms with Gasteiger partial charge in [0.1, 0.15) is 5.92 Å². The van der Waals surface area contributed by atoms with Gasteiger partial charge in [-0.3, -0.25) is 4.79 Å². The van der Waals surface area contributed by atoms with E-state index in [1.807, 2.05) is 0 Å². The summed E-state index contributed by atoms with van der Waals surface area (Å²) in [6.45, 7) is 0. The molecule has 1 saturated carbocycles. The molecule has 0 aromatic heterocycles. The molecule has 1 amide bonds. The number of halogens is 2. The molecule has 0 aromatic rings. The standard InChI is InChI=1S/C7H11F2NO/c8-7(9)4-2-1-3-5(7)6(10)11/h5H,1-4H2,(H2,10,11)/t5-/m0/s1. The van der Waals surface area contributed by atoms with Crippen molar-refractivity contribution in [2.24, 2.45) is 11.7 Å². The third kappa shape index (κ3) is 1.67.